The fourth-order valence-corrected chi connectivity index (χ4v) is 4.96. The Bertz CT molecular complexity index is 999. The molecule has 3 rings (SSSR count). The van der Waals surface area contributed by atoms with Gasteiger partial charge in [0, 0.05) is 0 Å². The van der Waals surface area contributed by atoms with Crippen LogP contribution in [-0.4, -0.2) is 30.5 Å². The van der Waals surface area contributed by atoms with Crippen molar-refractivity contribution in [1.82, 2.24) is 0 Å². The minimum Gasteiger partial charge on any atom is -0.507 e. The second-order valence-electron chi connectivity index (χ2n) is 6.90. The van der Waals surface area contributed by atoms with Crippen molar-refractivity contribution in [2.24, 2.45) is 0 Å². The number of rotatable bonds is 7. The van der Waals surface area contributed by atoms with Crippen LogP contribution in [0.25, 0.3) is 6.08 Å². The van der Waals surface area contributed by atoms with E-state index in [2.05, 4.69) is 0 Å². The lowest BCUT2D eigenvalue weighted by Crippen LogP contribution is -2.38. The first kappa shape index (κ1) is 22.1. The number of ether oxygens (including phenoxy) is 1. The number of phenolic OH excluding ortho intramolecular Hbond substituents is 1. The van der Waals surface area contributed by atoms with Gasteiger partial charge in [-0.1, -0.05) is 12.1 Å². The first-order valence-electron chi connectivity index (χ1n) is 9.76. The zero-order chi connectivity index (χ0) is 21.9. The topological polar surface area (TPSA) is 85.3 Å². The molecule has 1 N–H and O–H groups in total. The maximum atomic E-state index is 13.3. The number of amides is 1. The Kier molecular flexibility index (Phi) is 6.66. The van der Waals surface area contributed by atoms with Crippen molar-refractivity contribution in [3.05, 3.63) is 58.8 Å². The molecule has 0 bridgehead atoms. The third-order valence-electron chi connectivity index (χ3n) is 4.61. The number of hydrogen-bond donors (Lipinski definition) is 1. The van der Waals surface area contributed by atoms with Gasteiger partial charge in [-0.05, 0) is 74.7 Å². The van der Waals surface area contributed by atoms with Crippen LogP contribution in [-0.2, 0) is 18.4 Å². The van der Waals surface area contributed by atoms with Gasteiger partial charge in [-0.15, -0.1) is 0 Å². The maximum Gasteiger partial charge on any atom is 0.350 e. The van der Waals surface area contributed by atoms with Gasteiger partial charge in [-0.25, -0.2) is 0 Å². The minimum absolute atomic E-state index is 0.0812. The summed E-state index contributed by atoms with van der Waals surface area (Å²) in [7, 11) is -3.52. The smallest absolute Gasteiger partial charge is 0.350 e. The number of benzene rings is 2. The fraction of sp³-hybridized carbons (Fsp3) is 0.318. The van der Waals surface area contributed by atoms with Crippen molar-refractivity contribution >= 4 is 25.3 Å². The van der Waals surface area contributed by atoms with Crippen LogP contribution >= 0.6 is 7.60 Å². The molecule has 1 heterocycles. The number of carbonyl (C=O) groups is 1. The largest absolute Gasteiger partial charge is 0.507 e. The monoisotopic (exact) mass is 431 g/mol. The molecule has 0 spiro atoms. The average Bonchev–Trinajstić information content (AvgIpc) is 2.69. The number of anilines is 1. The quantitative estimate of drug-likeness (QED) is 0.491. The molecule has 30 heavy (non-hydrogen) atoms. The molecule has 8 heteroatoms. The Balaban J connectivity index is 2.03. The van der Waals surface area contributed by atoms with Crippen LogP contribution in [0, 0.1) is 13.8 Å². The van der Waals surface area contributed by atoms with Crippen LogP contribution in [0.3, 0.4) is 0 Å². The Morgan fingerprint density at radius 2 is 1.70 bits per heavy atom. The molecule has 0 aliphatic carbocycles. The van der Waals surface area contributed by atoms with Gasteiger partial charge in [0.1, 0.15) is 12.0 Å². The lowest BCUT2D eigenvalue weighted by atomic mass is 10.0. The zero-order valence-corrected chi connectivity index (χ0v) is 18.4. The van der Waals surface area contributed by atoms with Crippen molar-refractivity contribution in [1.29, 1.82) is 0 Å². The van der Waals surface area contributed by atoms with Crippen molar-refractivity contribution in [3.63, 3.8) is 0 Å². The van der Waals surface area contributed by atoms with Crippen LogP contribution in [0.1, 0.15) is 30.5 Å². The molecular weight excluding hydrogens is 405 g/mol. The van der Waals surface area contributed by atoms with Crippen LogP contribution < -0.4 is 9.64 Å². The molecule has 2 aromatic carbocycles. The summed E-state index contributed by atoms with van der Waals surface area (Å²) in [4.78, 5) is 14.6. The average molecular weight is 431 g/mol. The zero-order valence-electron chi connectivity index (χ0n) is 17.5. The molecule has 7 nitrogen and oxygen atoms in total. The van der Waals surface area contributed by atoms with Gasteiger partial charge in [0.25, 0.3) is 5.91 Å². The van der Waals surface area contributed by atoms with E-state index in [-0.39, 0.29) is 31.0 Å². The number of para-hydroxylation sites is 2. The molecule has 1 aliphatic heterocycles. The van der Waals surface area contributed by atoms with Gasteiger partial charge < -0.3 is 18.9 Å². The van der Waals surface area contributed by atoms with Crippen molar-refractivity contribution in [2.75, 3.05) is 24.4 Å². The van der Waals surface area contributed by atoms with E-state index in [9.17, 15) is 14.5 Å². The normalized spacial score (nSPS) is 15.3. The van der Waals surface area contributed by atoms with Gasteiger partial charge in [-0.2, -0.15) is 0 Å². The molecule has 0 aromatic heterocycles. The number of carbonyl (C=O) groups excluding carboxylic acids is 1. The number of nitrogens with zero attached hydrogens (tertiary/aromatic N) is 1. The second-order valence-corrected chi connectivity index (χ2v) is 8.92. The van der Waals surface area contributed by atoms with E-state index < -0.39 is 13.5 Å². The molecule has 0 saturated heterocycles. The van der Waals surface area contributed by atoms with Gasteiger partial charge in [0.15, 0.2) is 11.5 Å². The molecule has 0 fully saturated rings. The highest BCUT2D eigenvalue weighted by Gasteiger charge is 2.37. The molecular formula is C22H26NO6P. The second kappa shape index (κ2) is 9.04. The molecule has 1 aliphatic rings. The highest BCUT2D eigenvalue weighted by atomic mass is 31.2. The first-order valence-corrected chi connectivity index (χ1v) is 11.5. The maximum absolute atomic E-state index is 13.3. The van der Waals surface area contributed by atoms with Crippen molar-refractivity contribution in [3.8, 4) is 11.5 Å². The molecule has 0 radical (unpaired) electrons. The van der Waals surface area contributed by atoms with E-state index in [1.165, 1.54) is 4.90 Å². The Morgan fingerprint density at radius 1 is 1.10 bits per heavy atom. The molecule has 160 valence electrons. The summed E-state index contributed by atoms with van der Waals surface area (Å²) in [5.74, 6) is 0.318. The Morgan fingerprint density at radius 3 is 2.30 bits per heavy atom. The third kappa shape index (κ3) is 4.59. The summed E-state index contributed by atoms with van der Waals surface area (Å²) in [5, 5.41) is 10.0. The third-order valence-corrected chi connectivity index (χ3v) is 6.54. The molecule has 2 aromatic rings. The van der Waals surface area contributed by atoms with E-state index in [1.807, 2.05) is 0 Å². The summed E-state index contributed by atoms with van der Waals surface area (Å²) in [6.45, 7) is 7.42. The van der Waals surface area contributed by atoms with Gasteiger partial charge in [0.05, 0.1) is 18.9 Å². The van der Waals surface area contributed by atoms with Gasteiger partial charge in [-0.3, -0.25) is 14.3 Å². The number of aryl methyl sites for hydroxylation is 2. The summed E-state index contributed by atoms with van der Waals surface area (Å²) >= 11 is 0. The number of hydrogen-bond acceptors (Lipinski definition) is 6. The first-order chi connectivity index (χ1) is 14.3. The SMILES string of the molecule is CCOP(=O)(CN1C(=O)C(=Cc2cc(C)c(O)c(C)c2)Oc2ccccc21)OCC. The van der Waals surface area contributed by atoms with E-state index in [4.69, 9.17) is 13.8 Å². The van der Waals surface area contributed by atoms with E-state index in [0.717, 1.165) is 0 Å². The van der Waals surface area contributed by atoms with E-state index in [0.29, 0.717) is 28.1 Å². The number of aromatic hydroxyl groups is 1. The summed E-state index contributed by atoms with van der Waals surface area (Å²) in [6, 6.07) is 10.6. The van der Waals surface area contributed by atoms with Crippen molar-refractivity contribution in [2.45, 2.75) is 27.7 Å². The lowest BCUT2D eigenvalue weighted by Gasteiger charge is -2.32. The van der Waals surface area contributed by atoms with Gasteiger partial charge in [0.2, 0.25) is 0 Å². The molecule has 1 amide bonds. The fourth-order valence-electron chi connectivity index (χ4n) is 3.31. The summed E-state index contributed by atoms with van der Waals surface area (Å²) in [5.41, 5.74) is 2.60. The Hall–Kier alpha value is -2.60. The van der Waals surface area contributed by atoms with Crippen LogP contribution in [0.2, 0.25) is 0 Å². The molecule has 0 unspecified atom stereocenters. The molecule has 0 atom stereocenters. The van der Waals surface area contributed by atoms with Crippen LogP contribution in [0.5, 0.6) is 11.5 Å². The summed E-state index contributed by atoms with van der Waals surface area (Å²) < 4.78 is 29.7. The van der Waals surface area contributed by atoms with E-state index in [1.54, 1.807) is 70.2 Å². The predicted molar refractivity (Wildman–Crippen MR) is 116 cm³/mol. The molecule has 0 saturated carbocycles. The lowest BCUT2D eigenvalue weighted by molar-refractivity contribution is -0.117. The van der Waals surface area contributed by atoms with Crippen LogP contribution in [0.15, 0.2) is 42.2 Å². The van der Waals surface area contributed by atoms with Crippen molar-refractivity contribution < 1.29 is 28.3 Å². The highest BCUT2D eigenvalue weighted by molar-refractivity contribution is 7.54. The van der Waals surface area contributed by atoms with Gasteiger partial charge >= 0.3 is 7.60 Å². The minimum atomic E-state index is -3.52. The predicted octanol–water partition coefficient (Wildman–Crippen LogP) is 5.00. The number of phenols is 1. The van der Waals surface area contributed by atoms with E-state index >= 15 is 0 Å². The summed E-state index contributed by atoms with van der Waals surface area (Å²) in [6.07, 6.45) is 1.38. The standard InChI is InChI=1S/C22H26NO6P/c1-5-27-30(26,28-6-2)14-23-18-9-7-8-10-19(18)29-20(22(23)25)13-17-11-15(3)21(24)16(4)12-17/h7-13,24H,5-6,14H2,1-4H3. The highest BCUT2D eigenvalue weighted by Crippen LogP contribution is 2.51. The number of fused-ring (bicyclic) bond motifs is 1. The van der Waals surface area contributed by atoms with Crippen LogP contribution in [0.4, 0.5) is 5.69 Å². The Labute approximate surface area is 176 Å².